The van der Waals surface area contributed by atoms with Gasteiger partial charge in [-0.05, 0) is 29.0 Å². The smallest absolute Gasteiger partial charge is 0.742 e. The van der Waals surface area contributed by atoms with Crippen LogP contribution in [-0.2, 0) is 42.1 Å². The maximum Gasteiger partial charge on any atom is 1.00 e. The van der Waals surface area contributed by atoms with Gasteiger partial charge in [0.2, 0.25) is 0 Å². The Balaban J connectivity index is 0.000000192. The number of aromatic nitrogens is 4. The van der Waals surface area contributed by atoms with Crippen molar-refractivity contribution in [3.8, 4) is 0 Å². The molecule has 0 unspecified atom stereocenters. The molecule has 0 saturated heterocycles. The summed E-state index contributed by atoms with van der Waals surface area (Å²) < 4.78 is 1.23. The minimum atomic E-state index is -0.501. The number of benzene rings is 3. The van der Waals surface area contributed by atoms with E-state index < -0.39 is 19.2 Å². The quantitative estimate of drug-likeness (QED) is 0.178. The minimum Gasteiger partial charge on any atom is -0.742 e. The number of rotatable bonds is 3. The second-order valence-electron chi connectivity index (χ2n) is 6.90. The number of H-pyrrole nitrogens is 2. The number of hydrogen-bond acceptors (Lipinski definition) is 4. The van der Waals surface area contributed by atoms with Gasteiger partial charge < -0.3 is 17.6 Å². The summed E-state index contributed by atoms with van der Waals surface area (Å²) in [6.07, 6.45) is 0. The Hall–Kier alpha value is -2.80. The van der Waals surface area contributed by atoms with E-state index in [1.165, 1.54) is 27.5 Å². The molecule has 0 aliphatic rings. The van der Waals surface area contributed by atoms with Crippen molar-refractivity contribution in [1.29, 1.82) is 0 Å². The molecule has 0 aliphatic carbocycles. The molecule has 0 bridgehead atoms. The van der Waals surface area contributed by atoms with E-state index in [1.807, 2.05) is 0 Å². The maximum atomic E-state index is 11.2. The molecule has 170 valence electrons. The van der Waals surface area contributed by atoms with Crippen molar-refractivity contribution in [2.75, 3.05) is 0 Å². The van der Waals surface area contributed by atoms with E-state index in [0.29, 0.717) is 0 Å². The second kappa shape index (κ2) is 11.4. The molecule has 0 atom stereocenters. The number of nitrogens with zero attached hydrogens (tertiary/aromatic N) is 2. The molecule has 2 N–H and O–H groups in total. The summed E-state index contributed by atoms with van der Waals surface area (Å²) >= 11 is 4.74. The van der Waals surface area contributed by atoms with E-state index >= 15 is 0 Å². The molecule has 33 heavy (non-hydrogen) atoms. The Morgan fingerprint density at radius 3 is 1.61 bits per heavy atom. The average molecular weight is 656 g/mol. The van der Waals surface area contributed by atoms with E-state index in [2.05, 4.69) is 106 Å². The number of aryl methyl sites for hydroxylation is 1. The van der Waals surface area contributed by atoms with E-state index in [9.17, 15) is 9.59 Å². The van der Waals surface area contributed by atoms with Crippen molar-refractivity contribution >= 4 is 47.6 Å². The van der Waals surface area contributed by atoms with E-state index in [1.54, 1.807) is 0 Å². The van der Waals surface area contributed by atoms with Crippen molar-refractivity contribution < 1.29 is 22.4 Å². The molecule has 3 aromatic carbocycles. The van der Waals surface area contributed by atoms with Crippen molar-refractivity contribution in [2.24, 2.45) is 7.05 Å². The van der Waals surface area contributed by atoms with Crippen LogP contribution in [-0.4, -0.2) is 19.5 Å². The maximum absolute atomic E-state index is 11.2. The first-order valence-corrected chi connectivity index (χ1v) is 11.6. The van der Waals surface area contributed by atoms with Crippen LogP contribution in [0, 0.1) is 0 Å². The van der Waals surface area contributed by atoms with Gasteiger partial charge in [-0.25, -0.2) is 9.78 Å². The predicted molar refractivity (Wildman–Crippen MR) is 133 cm³/mol. The molecule has 0 spiro atoms. The molecule has 0 saturated carbocycles. The van der Waals surface area contributed by atoms with E-state index in [4.69, 9.17) is 12.6 Å². The summed E-state index contributed by atoms with van der Waals surface area (Å²) in [5.41, 5.74) is -0.494. The fourth-order valence-corrected chi connectivity index (χ4v) is 5.76. The zero-order chi connectivity index (χ0) is 22.5. The topological polar surface area (TPSA) is 83.5 Å². The largest absolute Gasteiger partial charge is 1.00 e. The van der Waals surface area contributed by atoms with Crippen LogP contribution < -0.4 is 27.2 Å². The van der Waals surface area contributed by atoms with Gasteiger partial charge in [-0.3, -0.25) is 14.3 Å². The van der Waals surface area contributed by atoms with Crippen LogP contribution in [0.4, 0.5) is 0 Å². The molecule has 0 amide bonds. The summed E-state index contributed by atoms with van der Waals surface area (Å²) in [5, 5.41) is 4.39. The van der Waals surface area contributed by atoms with Crippen LogP contribution in [0.1, 0.15) is 0 Å². The summed E-state index contributed by atoms with van der Waals surface area (Å²) in [4.78, 5) is 30.8. The Morgan fingerprint density at radius 1 is 0.758 bits per heavy atom. The first-order valence-electron chi connectivity index (χ1n) is 9.86. The molecule has 9 heteroatoms. The third-order valence-electron chi connectivity index (χ3n) is 4.78. The van der Waals surface area contributed by atoms with Crippen molar-refractivity contribution in [3.05, 3.63) is 112 Å². The summed E-state index contributed by atoms with van der Waals surface area (Å²) in [7, 11) is 1.06. The third kappa shape index (κ3) is 5.77. The van der Waals surface area contributed by atoms with Gasteiger partial charge in [-0.2, -0.15) is 0 Å². The molecule has 5 rings (SSSR count). The number of aromatic amines is 2. The predicted octanol–water partition coefficient (Wildman–Crippen LogP) is 2.30. The van der Waals surface area contributed by atoms with Gasteiger partial charge in [0, 0.05) is 7.05 Å². The molecular weight excluding hydrogens is 636 g/mol. The zero-order valence-corrected chi connectivity index (χ0v) is 21.4. The van der Waals surface area contributed by atoms with Gasteiger partial charge in [0.15, 0.2) is 5.65 Å². The van der Waals surface area contributed by atoms with Crippen molar-refractivity contribution in [3.63, 3.8) is 0 Å². The first kappa shape index (κ1) is 24.8. The molecule has 2 aromatic heterocycles. The molecule has 0 fully saturated rings. The average Bonchev–Trinajstić information content (AvgIpc) is 3.23. The van der Waals surface area contributed by atoms with E-state index in [-0.39, 0.29) is 38.7 Å². The van der Waals surface area contributed by atoms with Crippen molar-refractivity contribution in [1.82, 2.24) is 19.5 Å². The molecule has 0 radical (unpaired) electrons. The van der Waals surface area contributed by atoms with Crippen LogP contribution in [0.2, 0.25) is 0 Å². The van der Waals surface area contributed by atoms with Gasteiger partial charge in [-0.15, -0.1) is 0 Å². The van der Waals surface area contributed by atoms with Crippen LogP contribution in [0.5, 0.6) is 0 Å². The number of imidazole rings is 1. The van der Waals surface area contributed by atoms with Crippen LogP contribution >= 0.6 is 7.92 Å². The van der Waals surface area contributed by atoms with Gasteiger partial charge in [0.05, 0.1) is 0 Å². The number of nitrogens with one attached hydrogen (secondary N) is 2. The van der Waals surface area contributed by atoms with Gasteiger partial charge in [0.1, 0.15) is 5.52 Å². The van der Waals surface area contributed by atoms with Crippen LogP contribution in [0.15, 0.2) is 106 Å². The Labute approximate surface area is 212 Å². The summed E-state index contributed by atoms with van der Waals surface area (Å²) in [5.74, 6) is 0. The van der Waals surface area contributed by atoms with E-state index in [0.717, 1.165) is 0 Å². The molecule has 5 aromatic rings. The summed E-state index contributed by atoms with van der Waals surface area (Å²) in [6, 6.07) is 32.3. The van der Waals surface area contributed by atoms with Gasteiger partial charge >= 0.3 is 28.1 Å². The second-order valence-corrected chi connectivity index (χ2v) is 9.51. The fourth-order valence-electron chi connectivity index (χ4n) is 3.26. The zero-order valence-electron chi connectivity index (χ0n) is 17.5. The molecule has 0 aliphatic heterocycles. The standard InChI is InChI=1S/C18H15P.C6H6N4O2S.Au/c1-4-10-16(11-5-1)19(17-12-6-2-7-13-17)18-14-8-3-9-15-18;1-10-3-2(7-5(13)8-3)4(11)9-6(10)12;/h1-15H;1H3,(H2,7,8,13)(H,9,11,12);/q;;+1/p-1. The molecule has 2 heterocycles. The normalized spacial score (nSPS) is 10.4. The van der Waals surface area contributed by atoms with Crippen LogP contribution in [0.25, 0.3) is 11.2 Å². The SMILES string of the molecule is Cn1c(=O)[nH]c(=O)c2[nH]c([S-])nc21.[Au+].c1ccc(P(c2ccccc2)c2ccccc2)cc1. The number of hydrogen-bond donors (Lipinski definition) is 2. The van der Waals surface area contributed by atoms with Gasteiger partial charge in [0.25, 0.3) is 5.56 Å². The fraction of sp³-hybridized carbons (Fsp3) is 0.0417. The molecule has 6 nitrogen and oxygen atoms in total. The molecular formula is C24H20AuN4O2PS. The Morgan fingerprint density at radius 2 is 1.18 bits per heavy atom. The van der Waals surface area contributed by atoms with Gasteiger partial charge in [-0.1, -0.05) is 91.0 Å². The third-order valence-corrected chi connectivity index (χ3v) is 7.41. The summed E-state index contributed by atoms with van der Waals surface area (Å²) in [6.45, 7) is 0. The minimum absolute atomic E-state index is 0. The Kier molecular flexibility index (Phi) is 8.55. The first-order chi connectivity index (χ1) is 15.5. The monoisotopic (exact) mass is 656 g/mol. The number of fused-ring (bicyclic) bond motifs is 1. The Bertz CT molecular complexity index is 1340. The van der Waals surface area contributed by atoms with Crippen LogP contribution in [0.3, 0.4) is 0 Å². The van der Waals surface area contributed by atoms with Crippen molar-refractivity contribution in [2.45, 2.75) is 5.16 Å².